The number of fused-ring (bicyclic) bond motifs is 5. The lowest BCUT2D eigenvalue weighted by Crippen LogP contribution is -2.66. The first kappa shape index (κ1) is 23.4. The molecule has 0 spiro atoms. The molecule has 1 aliphatic heterocycles. The van der Waals surface area contributed by atoms with E-state index in [1.807, 2.05) is 6.07 Å². The topological polar surface area (TPSA) is 82.8 Å². The molecule has 1 aromatic rings. The summed E-state index contributed by atoms with van der Waals surface area (Å²) in [5.74, 6) is -0.124. The van der Waals surface area contributed by atoms with Gasteiger partial charge >= 0.3 is 11.9 Å². The van der Waals surface area contributed by atoms with Gasteiger partial charge in [-0.15, -0.1) is 0 Å². The van der Waals surface area contributed by atoms with Gasteiger partial charge in [0, 0.05) is 41.2 Å². The number of Topliss-reactive ketones (excluding diaryl/α,β-unsaturated/α-hetero) is 1. The van der Waals surface area contributed by atoms with Crippen LogP contribution in [0.3, 0.4) is 0 Å². The van der Waals surface area contributed by atoms with E-state index in [9.17, 15) is 14.4 Å². The Morgan fingerprint density at radius 1 is 1.09 bits per heavy atom. The number of hydrogen-bond donors (Lipinski definition) is 0. The molecule has 0 amide bonds. The minimum Gasteiger partial charge on any atom is -0.472 e. The fraction of sp³-hybridized carbons (Fsp3) is 0.679. The van der Waals surface area contributed by atoms with Gasteiger partial charge < -0.3 is 13.9 Å². The molecule has 3 fully saturated rings. The second-order valence-corrected chi connectivity index (χ2v) is 12.3. The van der Waals surface area contributed by atoms with E-state index in [0.29, 0.717) is 18.6 Å². The molecule has 6 nitrogen and oxygen atoms in total. The molecule has 5 rings (SSSR count). The van der Waals surface area contributed by atoms with Gasteiger partial charge in [0.05, 0.1) is 12.5 Å². The standard InChI is InChI=1S/C28H36O6/c1-16(29)33-22-13-19-25(2,3)21(30)8-11-26(19,4)18-7-10-27(5)20(28(18,22)6)14-23(31)34-24(27)17-9-12-32-15-17/h9,12,14-15,18-19,22,24H,7-8,10-11,13H2,1-6H3/t18-,19-,22-,24-,26-,27-,28-/m0/s1. The highest BCUT2D eigenvalue weighted by atomic mass is 16.6. The SMILES string of the molecule is CC(=O)O[C@H]1C[C@H]2C(C)(C)C(=O)CC[C@@]2(C)[C@@H]2CC[C@@]3(C)C(=CC(=O)O[C@H]3c3ccoc3)[C@@]12C. The van der Waals surface area contributed by atoms with Gasteiger partial charge in [0.2, 0.25) is 0 Å². The van der Waals surface area contributed by atoms with Gasteiger partial charge in [0.25, 0.3) is 0 Å². The first-order valence-electron chi connectivity index (χ1n) is 12.5. The number of cyclic esters (lactones) is 1. The third kappa shape index (κ3) is 2.96. The average molecular weight is 469 g/mol. The average Bonchev–Trinajstić information content (AvgIpc) is 3.28. The molecule has 3 aliphatic carbocycles. The third-order valence-electron chi connectivity index (χ3n) is 10.3. The van der Waals surface area contributed by atoms with Crippen molar-refractivity contribution in [2.24, 2.45) is 33.5 Å². The van der Waals surface area contributed by atoms with Crippen molar-refractivity contribution in [1.29, 1.82) is 0 Å². The molecule has 0 saturated heterocycles. The fourth-order valence-electron chi connectivity index (χ4n) is 8.65. The summed E-state index contributed by atoms with van der Waals surface area (Å²) in [7, 11) is 0. The Morgan fingerprint density at radius 2 is 1.82 bits per heavy atom. The van der Waals surface area contributed by atoms with E-state index in [1.54, 1.807) is 18.6 Å². The van der Waals surface area contributed by atoms with E-state index < -0.39 is 28.5 Å². The lowest BCUT2D eigenvalue weighted by Gasteiger charge is -2.68. The molecular weight excluding hydrogens is 432 g/mol. The van der Waals surface area contributed by atoms with Crippen molar-refractivity contribution in [1.82, 2.24) is 0 Å². The van der Waals surface area contributed by atoms with E-state index in [0.717, 1.165) is 30.4 Å². The second kappa shape index (κ2) is 7.32. The van der Waals surface area contributed by atoms with Crippen LogP contribution in [0.25, 0.3) is 0 Å². The summed E-state index contributed by atoms with van der Waals surface area (Å²) in [6, 6.07) is 1.86. The van der Waals surface area contributed by atoms with Crippen molar-refractivity contribution in [3.8, 4) is 0 Å². The van der Waals surface area contributed by atoms with Gasteiger partial charge in [-0.25, -0.2) is 4.79 Å². The largest absolute Gasteiger partial charge is 0.472 e. The molecule has 34 heavy (non-hydrogen) atoms. The van der Waals surface area contributed by atoms with Gasteiger partial charge in [-0.3, -0.25) is 9.59 Å². The van der Waals surface area contributed by atoms with Crippen molar-refractivity contribution in [2.75, 3.05) is 0 Å². The van der Waals surface area contributed by atoms with E-state index in [4.69, 9.17) is 13.9 Å². The van der Waals surface area contributed by atoms with Crippen LogP contribution in [0.2, 0.25) is 0 Å². The highest BCUT2D eigenvalue weighted by Gasteiger charge is 2.69. The molecule has 184 valence electrons. The van der Waals surface area contributed by atoms with Crippen LogP contribution in [0.1, 0.15) is 85.3 Å². The maximum Gasteiger partial charge on any atom is 0.331 e. The normalized spacial score (nSPS) is 43.1. The van der Waals surface area contributed by atoms with E-state index in [2.05, 4.69) is 34.6 Å². The van der Waals surface area contributed by atoms with Gasteiger partial charge in [-0.1, -0.05) is 34.6 Å². The van der Waals surface area contributed by atoms with Crippen LogP contribution in [0, 0.1) is 33.5 Å². The van der Waals surface area contributed by atoms with Crippen molar-refractivity contribution < 1.29 is 28.3 Å². The van der Waals surface area contributed by atoms with Crippen molar-refractivity contribution >= 4 is 17.7 Å². The lowest BCUT2D eigenvalue weighted by molar-refractivity contribution is -0.210. The predicted molar refractivity (Wildman–Crippen MR) is 124 cm³/mol. The summed E-state index contributed by atoms with van der Waals surface area (Å²) >= 11 is 0. The number of hydrogen-bond acceptors (Lipinski definition) is 6. The van der Waals surface area contributed by atoms with Crippen molar-refractivity contribution in [2.45, 2.75) is 85.9 Å². The number of carbonyl (C=O) groups is 3. The van der Waals surface area contributed by atoms with E-state index >= 15 is 0 Å². The number of ether oxygens (including phenoxy) is 2. The maximum atomic E-state index is 13.0. The van der Waals surface area contributed by atoms with Crippen LogP contribution in [-0.4, -0.2) is 23.8 Å². The summed E-state index contributed by atoms with van der Waals surface area (Å²) in [5.41, 5.74) is 0.299. The summed E-state index contributed by atoms with van der Waals surface area (Å²) in [6.07, 6.45) is 7.81. The van der Waals surface area contributed by atoms with Crippen LogP contribution < -0.4 is 0 Å². The molecule has 0 unspecified atom stereocenters. The number of rotatable bonds is 2. The van der Waals surface area contributed by atoms with Gasteiger partial charge in [0.1, 0.15) is 18.0 Å². The highest BCUT2D eigenvalue weighted by Crippen LogP contribution is 2.72. The Bertz CT molecular complexity index is 1070. The van der Waals surface area contributed by atoms with Crippen LogP contribution in [0.5, 0.6) is 0 Å². The Kier molecular flexibility index (Phi) is 5.03. The van der Waals surface area contributed by atoms with E-state index in [1.165, 1.54) is 6.92 Å². The minimum absolute atomic E-state index is 0.0997. The Hall–Kier alpha value is -2.37. The molecule has 0 bridgehead atoms. The molecule has 4 aliphatic rings. The zero-order valence-electron chi connectivity index (χ0n) is 21.1. The number of furan rings is 1. The molecule has 0 aromatic carbocycles. The third-order valence-corrected chi connectivity index (χ3v) is 10.3. The first-order chi connectivity index (χ1) is 15.8. The van der Waals surface area contributed by atoms with Crippen molar-refractivity contribution in [3.05, 3.63) is 35.8 Å². The van der Waals surface area contributed by atoms with E-state index in [-0.39, 0.29) is 29.2 Å². The Morgan fingerprint density at radius 3 is 2.47 bits per heavy atom. The zero-order chi connectivity index (χ0) is 24.7. The molecule has 0 N–H and O–H groups in total. The summed E-state index contributed by atoms with van der Waals surface area (Å²) in [5, 5.41) is 0. The van der Waals surface area contributed by atoms with Crippen LogP contribution in [-0.2, 0) is 23.9 Å². The lowest BCUT2D eigenvalue weighted by atomic mass is 9.37. The molecule has 7 atom stereocenters. The number of ketones is 1. The summed E-state index contributed by atoms with van der Waals surface area (Å²) in [6.45, 7) is 12.2. The van der Waals surface area contributed by atoms with Crippen molar-refractivity contribution in [3.63, 3.8) is 0 Å². The van der Waals surface area contributed by atoms with Gasteiger partial charge in [-0.2, -0.15) is 0 Å². The molecule has 3 saturated carbocycles. The van der Waals surface area contributed by atoms with Gasteiger partial charge in [0.15, 0.2) is 0 Å². The zero-order valence-corrected chi connectivity index (χ0v) is 21.1. The van der Waals surface area contributed by atoms with Crippen LogP contribution in [0.15, 0.2) is 34.7 Å². The summed E-state index contributed by atoms with van der Waals surface area (Å²) < 4.78 is 17.3. The van der Waals surface area contributed by atoms with Gasteiger partial charge in [-0.05, 0) is 54.6 Å². The van der Waals surface area contributed by atoms with Crippen LogP contribution in [0.4, 0.5) is 0 Å². The fourth-order valence-corrected chi connectivity index (χ4v) is 8.65. The molecular formula is C28H36O6. The first-order valence-corrected chi connectivity index (χ1v) is 12.5. The van der Waals surface area contributed by atoms with Crippen LogP contribution >= 0.6 is 0 Å². The molecule has 2 heterocycles. The predicted octanol–water partition coefficient (Wildman–Crippen LogP) is 5.57. The maximum absolute atomic E-state index is 13.0. The second-order valence-electron chi connectivity index (χ2n) is 12.3. The monoisotopic (exact) mass is 468 g/mol. The molecule has 6 heteroatoms. The Labute approximate surface area is 201 Å². The number of carbonyl (C=O) groups excluding carboxylic acids is 3. The quantitative estimate of drug-likeness (QED) is 0.528. The Balaban J connectivity index is 1.68. The minimum atomic E-state index is -0.540. The highest BCUT2D eigenvalue weighted by molar-refractivity contribution is 5.86. The molecule has 0 radical (unpaired) electrons. The molecule has 1 aromatic heterocycles. The smallest absolute Gasteiger partial charge is 0.331 e. The summed E-state index contributed by atoms with van der Waals surface area (Å²) in [4.78, 5) is 38.3. The number of esters is 2.